The number of aromatic nitrogens is 2. The number of aryl methyl sites for hydroxylation is 1. The highest BCUT2D eigenvalue weighted by Crippen LogP contribution is 2.30. The Kier molecular flexibility index (Phi) is 3.34. The number of alkyl halides is 3. The minimum atomic E-state index is -4.47. The maximum absolute atomic E-state index is 12.5. The quantitative estimate of drug-likeness (QED) is 0.812. The van der Waals surface area contributed by atoms with E-state index in [4.69, 9.17) is 11.6 Å². The van der Waals surface area contributed by atoms with Crippen molar-refractivity contribution in [2.75, 3.05) is 0 Å². The Morgan fingerprint density at radius 1 is 1.28 bits per heavy atom. The molecule has 2 aromatic rings. The smallest absolute Gasteiger partial charge is 0.249 e. The fourth-order valence-electron chi connectivity index (χ4n) is 1.59. The molecule has 0 atom stereocenters. The predicted molar refractivity (Wildman–Crippen MR) is 62.5 cm³/mol. The van der Waals surface area contributed by atoms with Gasteiger partial charge in [0.25, 0.3) is 0 Å². The molecule has 0 aliphatic rings. The predicted octanol–water partition coefficient (Wildman–Crippen LogP) is 3.91. The SMILES string of the molecule is Cc1ccccc1Cn1nc(C(F)(F)F)cc1Cl. The first-order valence-corrected chi connectivity index (χ1v) is 5.61. The average molecular weight is 275 g/mol. The maximum Gasteiger partial charge on any atom is 0.435 e. The summed E-state index contributed by atoms with van der Waals surface area (Å²) < 4.78 is 38.5. The zero-order valence-electron chi connectivity index (χ0n) is 9.50. The van der Waals surface area contributed by atoms with Gasteiger partial charge in [0.05, 0.1) is 6.54 Å². The van der Waals surface area contributed by atoms with E-state index < -0.39 is 11.9 Å². The molecule has 0 aliphatic heterocycles. The molecule has 0 saturated heterocycles. The zero-order valence-corrected chi connectivity index (χ0v) is 10.3. The average Bonchev–Trinajstić information content (AvgIpc) is 2.63. The third-order valence-electron chi connectivity index (χ3n) is 2.60. The first-order valence-electron chi connectivity index (χ1n) is 5.23. The lowest BCUT2D eigenvalue weighted by molar-refractivity contribution is -0.141. The lowest BCUT2D eigenvalue weighted by Crippen LogP contribution is -2.09. The highest BCUT2D eigenvalue weighted by atomic mass is 35.5. The summed E-state index contributed by atoms with van der Waals surface area (Å²) in [5.74, 6) is 0. The number of hydrogen-bond acceptors (Lipinski definition) is 1. The molecule has 0 N–H and O–H groups in total. The van der Waals surface area contributed by atoms with Crippen LogP contribution in [0.2, 0.25) is 5.15 Å². The van der Waals surface area contributed by atoms with E-state index in [2.05, 4.69) is 5.10 Å². The Bertz CT molecular complexity index is 561. The van der Waals surface area contributed by atoms with Gasteiger partial charge in [0, 0.05) is 6.07 Å². The fraction of sp³-hybridized carbons (Fsp3) is 0.250. The highest BCUT2D eigenvalue weighted by molar-refractivity contribution is 6.29. The van der Waals surface area contributed by atoms with Crippen molar-refractivity contribution in [3.63, 3.8) is 0 Å². The Morgan fingerprint density at radius 2 is 1.94 bits per heavy atom. The monoisotopic (exact) mass is 274 g/mol. The van der Waals surface area contributed by atoms with Gasteiger partial charge in [0.1, 0.15) is 5.15 Å². The van der Waals surface area contributed by atoms with Gasteiger partial charge >= 0.3 is 6.18 Å². The first kappa shape index (κ1) is 13.0. The number of benzene rings is 1. The van der Waals surface area contributed by atoms with Crippen LogP contribution in [0.5, 0.6) is 0 Å². The highest BCUT2D eigenvalue weighted by Gasteiger charge is 2.34. The van der Waals surface area contributed by atoms with Gasteiger partial charge in [0.2, 0.25) is 0 Å². The van der Waals surface area contributed by atoms with Crippen LogP contribution in [-0.2, 0) is 12.7 Å². The standard InChI is InChI=1S/C12H10ClF3N2/c1-8-4-2-3-5-9(8)7-18-11(13)6-10(17-18)12(14,15)16/h2-6H,7H2,1H3. The Balaban J connectivity index is 2.31. The molecule has 1 aromatic carbocycles. The number of hydrogen-bond donors (Lipinski definition) is 0. The molecule has 0 aliphatic carbocycles. The van der Waals surface area contributed by atoms with Crippen LogP contribution in [0.4, 0.5) is 13.2 Å². The number of halogens is 4. The van der Waals surface area contributed by atoms with Crippen LogP contribution in [-0.4, -0.2) is 9.78 Å². The summed E-state index contributed by atoms with van der Waals surface area (Å²) >= 11 is 5.75. The van der Waals surface area contributed by atoms with Gasteiger partial charge in [-0.3, -0.25) is 0 Å². The van der Waals surface area contributed by atoms with Crippen LogP contribution in [0.3, 0.4) is 0 Å². The van der Waals surface area contributed by atoms with Crippen molar-refractivity contribution in [3.8, 4) is 0 Å². The molecule has 2 nitrogen and oxygen atoms in total. The maximum atomic E-state index is 12.5. The minimum absolute atomic E-state index is 0.0226. The second kappa shape index (κ2) is 4.65. The molecule has 96 valence electrons. The van der Waals surface area contributed by atoms with Gasteiger partial charge in [-0.1, -0.05) is 35.9 Å². The van der Waals surface area contributed by atoms with Gasteiger partial charge in [-0.2, -0.15) is 18.3 Å². The molecular formula is C12H10ClF3N2. The zero-order chi connectivity index (χ0) is 13.3. The van der Waals surface area contributed by atoms with Crippen molar-refractivity contribution in [1.29, 1.82) is 0 Å². The number of rotatable bonds is 2. The summed E-state index contributed by atoms with van der Waals surface area (Å²) in [5, 5.41) is 3.45. The molecule has 0 saturated carbocycles. The third kappa shape index (κ3) is 2.67. The topological polar surface area (TPSA) is 17.8 Å². The molecule has 0 bridgehead atoms. The number of nitrogens with zero attached hydrogens (tertiary/aromatic N) is 2. The van der Waals surface area contributed by atoms with Crippen LogP contribution in [0, 0.1) is 6.92 Å². The van der Waals surface area contributed by atoms with Crippen molar-refractivity contribution >= 4 is 11.6 Å². The summed E-state index contributed by atoms with van der Waals surface area (Å²) in [6, 6.07) is 8.24. The lowest BCUT2D eigenvalue weighted by Gasteiger charge is -2.06. The molecule has 0 fully saturated rings. The van der Waals surface area contributed by atoms with E-state index >= 15 is 0 Å². The molecule has 6 heteroatoms. The van der Waals surface area contributed by atoms with Crippen LogP contribution in [0.15, 0.2) is 30.3 Å². The van der Waals surface area contributed by atoms with Crippen molar-refractivity contribution in [1.82, 2.24) is 9.78 Å². The van der Waals surface area contributed by atoms with Crippen molar-refractivity contribution < 1.29 is 13.2 Å². The molecule has 0 amide bonds. The second-order valence-electron chi connectivity index (χ2n) is 3.93. The summed E-state index contributed by atoms with van der Waals surface area (Å²) in [6.07, 6.45) is -4.47. The van der Waals surface area contributed by atoms with Crippen LogP contribution in [0.1, 0.15) is 16.8 Å². The Morgan fingerprint density at radius 3 is 2.50 bits per heavy atom. The van der Waals surface area contributed by atoms with Crippen molar-refractivity contribution in [3.05, 3.63) is 52.3 Å². The molecule has 0 radical (unpaired) electrons. The normalized spacial score (nSPS) is 11.8. The first-order chi connectivity index (χ1) is 8.38. The summed E-state index contributed by atoms with van der Waals surface area (Å²) in [5.41, 5.74) is 0.898. The fourth-order valence-corrected chi connectivity index (χ4v) is 1.79. The summed E-state index contributed by atoms with van der Waals surface area (Å²) in [4.78, 5) is 0. The Labute approximate surface area is 107 Å². The van der Waals surface area contributed by atoms with Gasteiger partial charge in [0.15, 0.2) is 5.69 Å². The summed E-state index contributed by atoms with van der Waals surface area (Å²) in [7, 11) is 0. The third-order valence-corrected chi connectivity index (χ3v) is 2.91. The van der Waals surface area contributed by atoms with Crippen LogP contribution < -0.4 is 0 Å². The van der Waals surface area contributed by atoms with E-state index in [9.17, 15) is 13.2 Å². The molecule has 0 unspecified atom stereocenters. The molecular weight excluding hydrogens is 265 g/mol. The molecule has 1 heterocycles. The molecule has 0 spiro atoms. The van der Waals surface area contributed by atoms with Gasteiger partial charge in [-0.15, -0.1) is 0 Å². The summed E-state index contributed by atoms with van der Waals surface area (Å²) in [6.45, 7) is 2.11. The van der Waals surface area contributed by atoms with E-state index in [1.54, 1.807) is 0 Å². The Hall–Kier alpha value is -1.49. The van der Waals surface area contributed by atoms with Crippen molar-refractivity contribution in [2.45, 2.75) is 19.6 Å². The van der Waals surface area contributed by atoms with E-state index in [1.165, 1.54) is 0 Å². The van der Waals surface area contributed by atoms with Gasteiger partial charge in [-0.05, 0) is 18.1 Å². The second-order valence-corrected chi connectivity index (χ2v) is 4.32. The van der Waals surface area contributed by atoms with Crippen molar-refractivity contribution in [2.24, 2.45) is 0 Å². The van der Waals surface area contributed by atoms with E-state index in [-0.39, 0.29) is 11.7 Å². The molecule has 2 rings (SSSR count). The van der Waals surface area contributed by atoms with Crippen LogP contribution >= 0.6 is 11.6 Å². The largest absolute Gasteiger partial charge is 0.435 e. The lowest BCUT2D eigenvalue weighted by atomic mass is 10.1. The van der Waals surface area contributed by atoms with E-state index in [0.717, 1.165) is 21.9 Å². The van der Waals surface area contributed by atoms with E-state index in [1.807, 2.05) is 31.2 Å². The van der Waals surface area contributed by atoms with E-state index in [0.29, 0.717) is 0 Å². The van der Waals surface area contributed by atoms with Gasteiger partial charge < -0.3 is 0 Å². The minimum Gasteiger partial charge on any atom is -0.249 e. The van der Waals surface area contributed by atoms with Gasteiger partial charge in [-0.25, -0.2) is 4.68 Å². The van der Waals surface area contributed by atoms with Crippen LogP contribution in [0.25, 0.3) is 0 Å². The molecule has 1 aromatic heterocycles. The molecule has 18 heavy (non-hydrogen) atoms.